The number of hydrogen-bond acceptors (Lipinski definition) is 2. The number of allylic oxidation sites excluding steroid dienone is 1. The lowest BCUT2D eigenvalue weighted by Gasteiger charge is -2.02. The van der Waals surface area contributed by atoms with E-state index < -0.39 is 0 Å². The molecule has 0 radical (unpaired) electrons. The number of para-hydroxylation sites is 2. The molecule has 3 nitrogen and oxygen atoms in total. The number of hydrogen-bond donors (Lipinski definition) is 0. The lowest BCUT2D eigenvalue weighted by atomic mass is 10.2. The highest BCUT2D eigenvalue weighted by molar-refractivity contribution is 5.87. The maximum Gasteiger partial charge on any atom is 0.126 e. The lowest BCUT2D eigenvalue weighted by Crippen LogP contribution is -1.92. The largest absolute Gasteiger partial charge is 0.290 e. The molecule has 0 N–H and O–H groups in total. The molecule has 0 atom stereocenters. The van der Waals surface area contributed by atoms with Crippen LogP contribution in [0.2, 0.25) is 0 Å². The highest BCUT2D eigenvalue weighted by Crippen LogP contribution is 2.18. The van der Waals surface area contributed by atoms with Crippen LogP contribution in [0.25, 0.3) is 22.8 Å². The van der Waals surface area contributed by atoms with Gasteiger partial charge in [0.05, 0.1) is 11.0 Å². The molecule has 1 heterocycles. The highest BCUT2D eigenvalue weighted by atomic mass is 15.1. The third kappa shape index (κ3) is 2.12. The second-order valence-electron chi connectivity index (χ2n) is 4.16. The zero-order valence-corrected chi connectivity index (χ0v) is 10.2. The molecule has 0 saturated carbocycles. The van der Waals surface area contributed by atoms with Crippen LogP contribution in [0, 0.1) is 11.3 Å². The Balaban J connectivity index is 2.14. The quantitative estimate of drug-likeness (QED) is 0.648. The monoisotopic (exact) mass is 245 g/mol. The minimum absolute atomic E-state index is 0.555. The topological polar surface area (TPSA) is 41.6 Å². The molecular formula is C16H11N3. The molecule has 0 bridgehead atoms. The Morgan fingerprint density at radius 2 is 1.79 bits per heavy atom. The number of nitrogens with zero attached hydrogens (tertiary/aromatic N) is 3. The first-order valence-corrected chi connectivity index (χ1v) is 5.98. The Hall–Kier alpha value is -2.86. The molecule has 19 heavy (non-hydrogen) atoms. The van der Waals surface area contributed by atoms with Crippen molar-refractivity contribution in [1.82, 2.24) is 9.55 Å². The average molecular weight is 245 g/mol. The summed E-state index contributed by atoms with van der Waals surface area (Å²) in [5.74, 6) is 0. The number of aromatic nitrogens is 2. The van der Waals surface area contributed by atoms with Gasteiger partial charge in [-0.15, -0.1) is 0 Å². The molecule has 0 spiro atoms. The molecule has 0 aliphatic rings. The van der Waals surface area contributed by atoms with Crippen molar-refractivity contribution in [2.45, 2.75) is 0 Å². The summed E-state index contributed by atoms with van der Waals surface area (Å²) < 4.78 is 1.81. The summed E-state index contributed by atoms with van der Waals surface area (Å²) in [7, 11) is 0. The van der Waals surface area contributed by atoms with E-state index in [-0.39, 0.29) is 0 Å². The fourth-order valence-electron chi connectivity index (χ4n) is 2.01. The van der Waals surface area contributed by atoms with Crippen molar-refractivity contribution in [2.75, 3.05) is 0 Å². The van der Waals surface area contributed by atoms with Crippen LogP contribution < -0.4 is 0 Å². The van der Waals surface area contributed by atoms with Crippen LogP contribution in [0.4, 0.5) is 0 Å². The van der Waals surface area contributed by atoms with Crippen LogP contribution >= 0.6 is 0 Å². The van der Waals surface area contributed by atoms with Gasteiger partial charge in [-0.3, -0.25) is 4.57 Å². The summed E-state index contributed by atoms with van der Waals surface area (Å²) in [6, 6.07) is 19.8. The second kappa shape index (κ2) is 4.79. The molecule has 0 fully saturated rings. The second-order valence-corrected chi connectivity index (χ2v) is 4.16. The van der Waals surface area contributed by atoms with Crippen LogP contribution in [-0.2, 0) is 0 Å². The van der Waals surface area contributed by atoms with E-state index in [4.69, 9.17) is 0 Å². The maximum absolute atomic E-state index is 9.35. The van der Waals surface area contributed by atoms with Gasteiger partial charge in [-0.25, -0.2) is 4.98 Å². The van der Waals surface area contributed by atoms with Gasteiger partial charge in [0.1, 0.15) is 18.1 Å². The van der Waals surface area contributed by atoms with Gasteiger partial charge >= 0.3 is 0 Å². The summed E-state index contributed by atoms with van der Waals surface area (Å²) in [6.07, 6.45) is 3.54. The summed E-state index contributed by atoms with van der Waals surface area (Å²) in [4.78, 5) is 4.30. The van der Waals surface area contributed by atoms with E-state index in [0.29, 0.717) is 5.70 Å². The number of benzene rings is 2. The first-order chi connectivity index (χ1) is 9.38. The molecule has 3 rings (SSSR count). The molecule has 0 aliphatic carbocycles. The molecule has 1 aromatic heterocycles. The number of imidazole rings is 1. The summed E-state index contributed by atoms with van der Waals surface area (Å²) in [6.45, 7) is 0. The predicted molar refractivity (Wildman–Crippen MR) is 76.0 cm³/mol. The number of rotatable bonds is 2. The lowest BCUT2D eigenvalue weighted by molar-refractivity contribution is 1.14. The van der Waals surface area contributed by atoms with E-state index in [2.05, 4.69) is 11.1 Å². The van der Waals surface area contributed by atoms with Gasteiger partial charge in [-0.05, 0) is 23.8 Å². The minimum atomic E-state index is 0.555. The van der Waals surface area contributed by atoms with Gasteiger partial charge in [0.2, 0.25) is 0 Å². The Kier molecular flexibility index (Phi) is 2.83. The number of nitriles is 1. The summed E-state index contributed by atoms with van der Waals surface area (Å²) >= 11 is 0. The fourth-order valence-corrected chi connectivity index (χ4v) is 2.01. The molecule has 3 aromatic rings. The Morgan fingerprint density at radius 3 is 2.58 bits per heavy atom. The van der Waals surface area contributed by atoms with E-state index in [1.165, 1.54) is 0 Å². The molecular weight excluding hydrogens is 234 g/mol. The van der Waals surface area contributed by atoms with Crippen molar-refractivity contribution in [3.63, 3.8) is 0 Å². The van der Waals surface area contributed by atoms with Crippen molar-refractivity contribution in [3.05, 3.63) is 66.5 Å². The first kappa shape index (κ1) is 11.2. The van der Waals surface area contributed by atoms with Crippen molar-refractivity contribution >= 4 is 22.8 Å². The SMILES string of the molecule is N#CC(=Cc1ccccc1)n1cnc2ccccc21. The minimum Gasteiger partial charge on any atom is -0.290 e. The third-order valence-corrected chi connectivity index (χ3v) is 2.93. The van der Waals surface area contributed by atoms with Gasteiger partial charge in [0, 0.05) is 0 Å². The zero-order chi connectivity index (χ0) is 13.1. The van der Waals surface area contributed by atoms with Gasteiger partial charge in [0.25, 0.3) is 0 Å². The average Bonchev–Trinajstić information content (AvgIpc) is 2.90. The van der Waals surface area contributed by atoms with E-state index >= 15 is 0 Å². The smallest absolute Gasteiger partial charge is 0.126 e. The van der Waals surface area contributed by atoms with Gasteiger partial charge in [-0.2, -0.15) is 5.26 Å². The Labute approximate surface area is 111 Å². The van der Waals surface area contributed by atoms with Gasteiger partial charge in [0.15, 0.2) is 0 Å². The summed E-state index contributed by atoms with van der Waals surface area (Å²) in [5, 5.41) is 9.35. The van der Waals surface area contributed by atoms with Crippen molar-refractivity contribution in [2.24, 2.45) is 0 Å². The summed E-state index contributed by atoms with van der Waals surface area (Å²) in [5.41, 5.74) is 3.37. The maximum atomic E-state index is 9.35. The molecule has 0 unspecified atom stereocenters. The number of fused-ring (bicyclic) bond motifs is 1. The van der Waals surface area contributed by atoms with Crippen LogP contribution in [0.1, 0.15) is 5.56 Å². The van der Waals surface area contributed by atoms with Crippen LogP contribution in [0.15, 0.2) is 60.9 Å². The first-order valence-electron chi connectivity index (χ1n) is 5.98. The van der Waals surface area contributed by atoms with Crippen molar-refractivity contribution in [1.29, 1.82) is 5.26 Å². The van der Waals surface area contributed by atoms with Crippen LogP contribution in [0.5, 0.6) is 0 Å². The molecule has 3 heteroatoms. The van der Waals surface area contributed by atoms with E-state index in [1.54, 1.807) is 6.33 Å². The third-order valence-electron chi connectivity index (χ3n) is 2.93. The molecule has 0 saturated heterocycles. The van der Waals surface area contributed by atoms with Crippen LogP contribution in [0.3, 0.4) is 0 Å². The van der Waals surface area contributed by atoms with Gasteiger partial charge < -0.3 is 0 Å². The van der Waals surface area contributed by atoms with E-state index in [1.807, 2.05) is 65.2 Å². The van der Waals surface area contributed by atoms with Crippen molar-refractivity contribution < 1.29 is 0 Å². The Morgan fingerprint density at radius 1 is 1.05 bits per heavy atom. The Bertz CT molecular complexity index is 776. The zero-order valence-electron chi connectivity index (χ0n) is 10.2. The normalized spacial score (nSPS) is 11.4. The molecule has 2 aromatic carbocycles. The van der Waals surface area contributed by atoms with E-state index in [0.717, 1.165) is 16.6 Å². The van der Waals surface area contributed by atoms with Gasteiger partial charge in [-0.1, -0.05) is 42.5 Å². The molecule has 90 valence electrons. The fraction of sp³-hybridized carbons (Fsp3) is 0. The molecule has 0 amide bonds. The van der Waals surface area contributed by atoms with E-state index in [9.17, 15) is 5.26 Å². The van der Waals surface area contributed by atoms with Crippen molar-refractivity contribution in [3.8, 4) is 6.07 Å². The predicted octanol–water partition coefficient (Wildman–Crippen LogP) is 3.56. The molecule has 0 aliphatic heterocycles. The standard InChI is InChI=1S/C16H11N3/c17-11-14(10-13-6-2-1-3-7-13)19-12-18-15-8-4-5-9-16(15)19/h1-10,12H. The van der Waals surface area contributed by atoms with Crippen LogP contribution in [-0.4, -0.2) is 9.55 Å². The highest BCUT2D eigenvalue weighted by Gasteiger charge is 2.05.